The van der Waals surface area contributed by atoms with Crippen LogP contribution in [0, 0.1) is 0 Å². The van der Waals surface area contributed by atoms with Gasteiger partial charge in [-0.15, -0.1) is 10.2 Å². The fraction of sp³-hybridized carbons (Fsp3) is 0.350. The van der Waals surface area contributed by atoms with Crippen LogP contribution in [0.15, 0.2) is 47.0 Å². The second kappa shape index (κ2) is 8.92. The second-order valence-corrected chi connectivity index (χ2v) is 8.12. The summed E-state index contributed by atoms with van der Waals surface area (Å²) in [7, 11) is 0. The molecule has 3 aromatic heterocycles. The molecule has 3 aromatic rings. The zero-order valence-electron chi connectivity index (χ0n) is 16.1. The summed E-state index contributed by atoms with van der Waals surface area (Å²) in [6.07, 6.45) is 8.33. The molecule has 0 spiro atoms. The third-order valence-corrected chi connectivity index (χ3v) is 6.26. The Morgan fingerprint density at radius 2 is 1.93 bits per heavy atom. The van der Waals surface area contributed by atoms with Gasteiger partial charge in [-0.2, -0.15) is 0 Å². The number of aromatic nitrogens is 5. The van der Waals surface area contributed by atoms with Crippen LogP contribution >= 0.6 is 23.4 Å². The number of carbonyl (C=O) groups excluding carboxylic acids is 1. The van der Waals surface area contributed by atoms with Crippen molar-refractivity contribution in [3.8, 4) is 11.4 Å². The molecule has 0 atom stereocenters. The van der Waals surface area contributed by atoms with Gasteiger partial charge in [-0.05, 0) is 56.1 Å². The first-order valence-electron chi connectivity index (χ1n) is 9.63. The highest BCUT2D eigenvalue weighted by Gasteiger charge is 2.21. The number of piperidine rings is 1. The van der Waals surface area contributed by atoms with Gasteiger partial charge in [0.25, 0.3) is 5.91 Å². The molecule has 0 unspecified atom stereocenters. The standard InChI is InChI=1S/C20H21ClN6OS/c1-2-27-17(14-6-8-22-9-7-14)24-25-20(27)29-18-16(21)12-15(13-23-18)19(28)26-10-4-3-5-11-26/h6-9,12-13H,2-5,10-11H2,1H3. The van der Waals surface area contributed by atoms with Gasteiger partial charge < -0.3 is 9.47 Å². The molecule has 9 heteroatoms. The van der Waals surface area contributed by atoms with Crippen LogP contribution in [0.25, 0.3) is 11.4 Å². The fourth-order valence-corrected chi connectivity index (χ4v) is 4.47. The van der Waals surface area contributed by atoms with Gasteiger partial charge in [0, 0.05) is 43.8 Å². The minimum atomic E-state index is -0.00708. The summed E-state index contributed by atoms with van der Waals surface area (Å²) in [5.74, 6) is 0.762. The second-order valence-electron chi connectivity index (χ2n) is 6.75. The average molecular weight is 429 g/mol. The summed E-state index contributed by atoms with van der Waals surface area (Å²) in [6, 6.07) is 5.50. The van der Waals surface area contributed by atoms with Gasteiger partial charge >= 0.3 is 0 Å². The van der Waals surface area contributed by atoms with E-state index < -0.39 is 0 Å². The summed E-state index contributed by atoms with van der Waals surface area (Å²) >= 11 is 7.80. The van der Waals surface area contributed by atoms with Gasteiger partial charge in [0.05, 0.1) is 10.6 Å². The van der Waals surface area contributed by atoms with Crippen molar-refractivity contribution in [3.05, 3.63) is 47.4 Å². The van der Waals surface area contributed by atoms with Gasteiger partial charge in [0.2, 0.25) is 0 Å². The number of rotatable bonds is 5. The van der Waals surface area contributed by atoms with Gasteiger partial charge in [0.15, 0.2) is 11.0 Å². The topological polar surface area (TPSA) is 76.8 Å². The predicted octanol–water partition coefficient (Wildman–Crippen LogP) is 4.19. The van der Waals surface area contributed by atoms with Crippen molar-refractivity contribution in [2.75, 3.05) is 13.1 Å². The minimum Gasteiger partial charge on any atom is -0.339 e. The number of halogens is 1. The van der Waals surface area contributed by atoms with E-state index in [0.29, 0.717) is 27.3 Å². The van der Waals surface area contributed by atoms with Crippen LogP contribution in [0.4, 0.5) is 0 Å². The zero-order chi connectivity index (χ0) is 20.2. The van der Waals surface area contributed by atoms with Crippen molar-refractivity contribution < 1.29 is 4.79 Å². The molecule has 0 N–H and O–H groups in total. The van der Waals surface area contributed by atoms with Crippen LogP contribution < -0.4 is 0 Å². The molecule has 1 saturated heterocycles. The molecule has 0 aromatic carbocycles. The smallest absolute Gasteiger partial charge is 0.255 e. The molecule has 1 aliphatic rings. The van der Waals surface area contributed by atoms with Gasteiger partial charge in [0.1, 0.15) is 5.03 Å². The Balaban J connectivity index is 1.56. The molecule has 7 nitrogen and oxygen atoms in total. The summed E-state index contributed by atoms with van der Waals surface area (Å²) in [6.45, 7) is 4.33. The Labute approximate surface area is 178 Å². The Morgan fingerprint density at radius 1 is 1.17 bits per heavy atom. The van der Waals surface area contributed by atoms with Crippen LogP contribution in [-0.2, 0) is 6.54 Å². The molecule has 0 aliphatic carbocycles. The number of pyridine rings is 2. The molecule has 4 rings (SSSR count). The lowest BCUT2D eigenvalue weighted by Crippen LogP contribution is -2.35. The number of amides is 1. The molecule has 0 saturated carbocycles. The number of hydrogen-bond donors (Lipinski definition) is 0. The lowest BCUT2D eigenvalue weighted by Gasteiger charge is -2.26. The molecule has 1 aliphatic heterocycles. The highest BCUT2D eigenvalue weighted by Crippen LogP contribution is 2.33. The van der Waals surface area contributed by atoms with Crippen molar-refractivity contribution >= 4 is 29.3 Å². The number of hydrogen-bond acceptors (Lipinski definition) is 6. The molecular weight excluding hydrogens is 408 g/mol. The summed E-state index contributed by atoms with van der Waals surface area (Å²) < 4.78 is 2.00. The molecule has 1 fully saturated rings. The molecule has 29 heavy (non-hydrogen) atoms. The van der Waals surface area contributed by atoms with Gasteiger partial charge in [-0.25, -0.2) is 4.98 Å². The summed E-state index contributed by atoms with van der Waals surface area (Å²) in [5, 5.41) is 10.4. The monoisotopic (exact) mass is 428 g/mol. The quantitative estimate of drug-likeness (QED) is 0.606. The number of nitrogens with zero attached hydrogens (tertiary/aromatic N) is 6. The first-order valence-corrected chi connectivity index (χ1v) is 10.8. The zero-order valence-corrected chi connectivity index (χ0v) is 17.7. The summed E-state index contributed by atoms with van der Waals surface area (Å²) in [5.41, 5.74) is 1.47. The molecule has 1 amide bonds. The van der Waals surface area contributed by atoms with E-state index in [9.17, 15) is 4.79 Å². The minimum absolute atomic E-state index is 0.00708. The molecule has 0 bridgehead atoms. The first-order chi connectivity index (χ1) is 14.2. The Kier molecular flexibility index (Phi) is 6.10. The largest absolute Gasteiger partial charge is 0.339 e. The maximum absolute atomic E-state index is 12.7. The van der Waals surface area contributed by atoms with Gasteiger partial charge in [-0.1, -0.05) is 11.6 Å². The fourth-order valence-electron chi connectivity index (χ4n) is 3.35. The third kappa shape index (κ3) is 4.28. The maximum Gasteiger partial charge on any atom is 0.255 e. The van der Waals surface area contributed by atoms with E-state index in [-0.39, 0.29) is 5.91 Å². The van der Waals surface area contributed by atoms with Crippen molar-refractivity contribution in [2.24, 2.45) is 0 Å². The normalized spacial score (nSPS) is 14.2. The van der Waals surface area contributed by atoms with Crippen molar-refractivity contribution in [1.29, 1.82) is 0 Å². The summed E-state index contributed by atoms with van der Waals surface area (Å²) in [4.78, 5) is 23.0. The SMILES string of the molecule is CCn1c(Sc2ncc(C(=O)N3CCCCC3)cc2Cl)nnc1-c1ccncc1. The Hall–Kier alpha value is -2.45. The Morgan fingerprint density at radius 3 is 2.62 bits per heavy atom. The molecule has 4 heterocycles. The van der Waals surface area contributed by atoms with E-state index in [4.69, 9.17) is 11.6 Å². The van der Waals surface area contributed by atoms with Crippen molar-refractivity contribution in [1.82, 2.24) is 29.6 Å². The first kappa shape index (κ1) is 19.8. The van der Waals surface area contributed by atoms with Crippen LogP contribution in [0.2, 0.25) is 5.02 Å². The molecule has 0 radical (unpaired) electrons. The van der Waals surface area contributed by atoms with Gasteiger partial charge in [-0.3, -0.25) is 9.78 Å². The predicted molar refractivity (Wildman–Crippen MR) is 112 cm³/mol. The van der Waals surface area contributed by atoms with Crippen molar-refractivity contribution in [3.63, 3.8) is 0 Å². The van der Waals surface area contributed by atoms with Crippen LogP contribution in [0.1, 0.15) is 36.5 Å². The van der Waals surface area contributed by atoms with Crippen molar-refractivity contribution in [2.45, 2.75) is 42.9 Å². The van der Waals surface area contributed by atoms with E-state index in [1.165, 1.54) is 18.2 Å². The lowest BCUT2D eigenvalue weighted by molar-refractivity contribution is 0.0724. The molecular formula is C20H21ClN6OS. The average Bonchev–Trinajstić information content (AvgIpc) is 3.18. The number of carbonyl (C=O) groups is 1. The number of likely N-dealkylation sites (tertiary alicyclic amines) is 1. The molecule has 150 valence electrons. The van der Waals surface area contributed by atoms with E-state index in [1.54, 1.807) is 24.7 Å². The van der Waals surface area contributed by atoms with Crippen LogP contribution in [-0.4, -0.2) is 48.6 Å². The van der Waals surface area contributed by atoms with Crippen LogP contribution in [0.3, 0.4) is 0 Å². The highest BCUT2D eigenvalue weighted by molar-refractivity contribution is 7.99. The highest BCUT2D eigenvalue weighted by atomic mass is 35.5. The maximum atomic E-state index is 12.7. The third-order valence-electron chi connectivity index (χ3n) is 4.86. The van der Waals surface area contributed by atoms with E-state index >= 15 is 0 Å². The van der Waals surface area contributed by atoms with E-state index in [1.807, 2.05) is 28.5 Å². The Bertz CT molecular complexity index is 1000. The lowest BCUT2D eigenvalue weighted by atomic mass is 10.1. The van der Waals surface area contributed by atoms with E-state index in [0.717, 1.165) is 37.3 Å². The van der Waals surface area contributed by atoms with Crippen LogP contribution in [0.5, 0.6) is 0 Å². The van der Waals surface area contributed by atoms with E-state index in [2.05, 4.69) is 20.2 Å².